The lowest BCUT2D eigenvalue weighted by Crippen LogP contribution is -2.21. The molecule has 0 spiro atoms. The summed E-state index contributed by atoms with van der Waals surface area (Å²) in [7, 11) is 2.95. The zero-order valence-electron chi connectivity index (χ0n) is 25.5. The maximum atomic E-state index is 13.9. The molecule has 4 rings (SSSR count). The first-order valence-electron chi connectivity index (χ1n) is 14.1. The molecule has 9 heteroatoms. The molecule has 0 N–H and O–H groups in total. The molecule has 0 unspecified atom stereocenters. The molecule has 43 heavy (non-hydrogen) atoms. The molecule has 3 aromatic carbocycles. The molecule has 0 saturated heterocycles. The van der Waals surface area contributed by atoms with Gasteiger partial charge in [-0.1, -0.05) is 32.1 Å². The average molecular weight is 584 g/mol. The number of carbonyl (C=O) groups excluding carboxylic acids is 1. The fraction of sp³-hybridized carbons (Fsp3) is 0.294. The Balaban J connectivity index is 1.91. The molecule has 0 saturated carbocycles. The second-order valence-electron chi connectivity index (χ2n) is 10.2. The van der Waals surface area contributed by atoms with Crippen LogP contribution in [-0.4, -0.2) is 49.3 Å². The number of esters is 1. The summed E-state index contributed by atoms with van der Waals surface area (Å²) in [6, 6.07) is 14.8. The highest BCUT2D eigenvalue weighted by atomic mass is 16.6. The standard InChI is InChI=1S/C34H37N3O6/c1-8-12-24-16-23(17-30(42-9-2)32(24)43-20-31(38)41-7)19-35-37-33(36-28-14-11-10-13-25(28)34(37)39)27-18-26(21(3)4)29(40-6)15-22(27)5/h8,10-11,13-19,21H,1,9,12,20H2,2-7H3. The van der Waals surface area contributed by atoms with Crippen LogP contribution in [0.4, 0.5) is 0 Å². The third-order valence-corrected chi connectivity index (χ3v) is 6.90. The van der Waals surface area contributed by atoms with Gasteiger partial charge in [-0.3, -0.25) is 4.79 Å². The van der Waals surface area contributed by atoms with Gasteiger partial charge >= 0.3 is 5.97 Å². The van der Waals surface area contributed by atoms with Crippen LogP contribution in [0.1, 0.15) is 48.9 Å². The monoisotopic (exact) mass is 583 g/mol. The van der Waals surface area contributed by atoms with E-state index in [1.807, 2.05) is 44.2 Å². The number of allylic oxidation sites excluding steroid dienone is 1. The van der Waals surface area contributed by atoms with E-state index in [1.165, 1.54) is 11.8 Å². The smallest absolute Gasteiger partial charge is 0.343 e. The zero-order chi connectivity index (χ0) is 31.1. The summed E-state index contributed by atoms with van der Waals surface area (Å²) in [6.45, 7) is 11.9. The van der Waals surface area contributed by atoms with Crippen molar-refractivity contribution in [3.8, 4) is 28.6 Å². The van der Waals surface area contributed by atoms with Gasteiger partial charge in [-0.2, -0.15) is 9.78 Å². The summed E-state index contributed by atoms with van der Waals surface area (Å²) in [4.78, 5) is 30.5. The van der Waals surface area contributed by atoms with E-state index >= 15 is 0 Å². The fourth-order valence-electron chi connectivity index (χ4n) is 4.78. The van der Waals surface area contributed by atoms with Crippen molar-refractivity contribution in [3.63, 3.8) is 0 Å². The van der Waals surface area contributed by atoms with Crippen LogP contribution in [0.25, 0.3) is 22.3 Å². The zero-order valence-corrected chi connectivity index (χ0v) is 25.5. The number of para-hydroxylation sites is 1. The van der Waals surface area contributed by atoms with E-state index in [2.05, 4.69) is 25.5 Å². The number of fused-ring (bicyclic) bond motifs is 1. The van der Waals surface area contributed by atoms with Crippen LogP contribution < -0.4 is 19.8 Å². The normalized spacial score (nSPS) is 11.2. The maximum Gasteiger partial charge on any atom is 0.343 e. The van der Waals surface area contributed by atoms with Gasteiger partial charge < -0.3 is 18.9 Å². The Labute approximate surface area is 251 Å². The van der Waals surface area contributed by atoms with Crippen molar-refractivity contribution in [1.82, 2.24) is 9.66 Å². The Morgan fingerprint density at radius 3 is 2.53 bits per heavy atom. The number of aromatic nitrogens is 2. The highest BCUT2D eigenvalue weighted by Gasteiger charge is 2.19. The van der Waals surface area contributed by atoms with Gasteiger partial charge in [-0.05, 0) is 79.3 Å². The molecule has 0 aliphatic rings. The molecule has 1 aromatic heterocycles. The molecule has 0 atom stereocenters. The molecule has 0 bridgehead atoms. The second kappa shape index (κ2) is 13.8. The molecule has 0 aliphatic carbocycles. The fourth-order valence-corrected chi connectivity index (χ4v) is 4.78. The van der Waals surface area contributed by atoms with E-state index in [9.17, 15) is 9.59 Å². The number of benzene rings is 3. The van der Waals surface area contributed by atoms with Gasteiger partial charge in [0.15, 0.2) is 23.9 Å². The van der Waals surface area contributed by atoms with Crippen molar-refractivity contribution >= 4 is 23.1 Å². The van der Waals surface area contributed by atoms with E-state index in [0.717, 1.165) is 28.0 Å². The number of methoxy groups -OCH3 is 2. The van der Waals surface area contributed by atoms with Crippen LogP contribution in [0.5, 0.6) is 17.2 Å². The SMILES string of the molecule is C=CCc1cc(C=Nn2c(-c3cc(C(C)C)c(OC)cc3C)nc3ccccc3c2=O)cc(OCC)c1OCC(=O)OC. The number of ether oxygens (including phenoxy) is 4. The predicted octanol–water partition coefficient (Wildman–Crippen LogP) is 6.07. The first kappa shape index (κ1) is 31.0. The van der Waals surface area contributed by atoms with E-state index in [-0.39, 0.29) is 18.1 Å². The van der Waals surface area contributed by atoms with Crippen molar-refractivity contribution in [2.24, 2.45) is 5.10 Å². The van der Waals surface area contributed by atoms with E-state index in [0.29, 0.717) is 46.8 Å². The molecule has 9 nitrogen and oxygen atoms in total. The number of rotatable bonds is 12. The Morgan fingerprint density at radius 1 is 1.09 bits per heavy atom. The van der Waals surface area contributed by atoms with Gasteiger partial charge in [0, 0.05) is 11.1 Å². The average Bonchev–Trinajstić information content (AvgIpc) is 3.00. The van der Waals surface area contributed by atoms with E-state index in [4.69, 9.17) is 23.9 Å². The summed E-state index contributed by atoms with van der Waals surface area (Å²) in [5, 5.41) is 5.12. The summed E-state index contributed by atoms with van der Waals surface area (Å²) in [6.07, 6.45) is 3.76. The van der Waals surface area contributed by atoms with Crippen LogP contribution in [-0.2, 0) is 16.0 Å². The van der Waals surface area contributed by atoms with Gasteiger partial charge in [-0.25, -0.2) is 9.78 Å². The number of aryl methyl sites for hydroxylation is 1. The Hall–Kier alpha value is -4.92. The molecule has 0 fully saturated rings. The van der Waals surface area contributed by atoms with E-state index in [1.54, 1.807) is 37.6 Å². The highest BCUT2D eigenvalue weighted by molar-refractivity contribution is 5.84. The third-order valence-electron chi connectivity index (χ3n) is 6.90. The molecular weight excluding hydrogens is 546 g/mol. The van der Waals surface area contributed by atoms with Crippen LogP contribution in [0.2, 0.25) is 0 Å². The summed E-state index contributed by atoms with van der Waals surface area (Å²) >= 11 is 0. The Bertz CT molecular complexity index is 1740. The minimum atomic E-state index is -0.511. The molecular formula is C34H37N3O6. The van der Waals surface area contributed by atoms with Crippen LogP contribution in [0, 0.1) is 6.92 Å². The van der Waals surface area contributed by atoms with Crippen LogP contribution in [0.3, 0.4) is 0 Å². The molecule has 1 heterocycles. The first-order chi connectivity index (χ1) is 20.7. The number of hydrogen-bond acceptors (Lipinski definition) is 8. The summed E-state index contributed by atoms with van der Waals surface area (Å²) < 4.78 is 23.3. The van der Waals surface area contributed by atoms with Gasteiger partial charge in [0.05, 0.1) is 37.9 Å². The van der Waals surface area contributed by atoms with Gasteiger partial charge in [0.1, 0.15) is 5.75 Å². The maximum absolute atomic E-state index is 13.9. The predicted molar refractivity (Wildman–Crippen MR) is 169 cm³/mol. The molecule has 224 valence electrons. The van der Waals surface area contributed by atoms with Crippen LogP contribution >= 0.6 is 0 Å². The van der Waals surface area contributed by atoms with E-state index < -0.39 is 5.97 Å². The molecule has 0 radical (unpaired) electrons. The highest BCUT2D eigenvalue weighted by Crippen LogP contribution is 2.35. The Kier molecular flexibility index (Phi) is 9.98. The van der Waals surface area contributed by atoms with Crippen LogP contribution in [0.15, 0.2) is 71.1 Å². The first-order valence-corrected chi connectivity index (χ1v) is 14.1. The summed E-state index contributed by atoms with van der Waals surface area (Å²) in [5.74, 6) is 1.72. The largest absolute Gasteiger partial charge is 0.496 e. The van der Waals surface area contributed by atoms with Crippen molar-refractivity contribution in [1.29, 1.82) is 0 Å². The van der Waals surface area contributed by atoms with Crippen molar-refractivity contribution in [2.75, 3.05) is 27.4 Å². The molecule has 4 aromatic rings. The molecule has 0 amide bonds. The topological polar surface area (TPSA) is 101 Å². The minimum Gasteiger partial charge on any atom is -0.496 e. The van der Waals surface area contributed by atoms with Crippen molar-refractivity contribution in [3.05, 3.63) is 93.8 Å². The lowest BCUT2D eigenvalue weighted by Gasteiger charge is -2.18. The minimum absolute atomic E-state index is 0.179. The van der Waals surface area contributed by atoms with Gasteiger partial charge in [0.2, 0.25) is 0 Å². The van der Waals surface area contributed by atoms with Crippen molar-refractivity contribution in [2.45, 2.75) is 40.0 Å². The molecule has 0 aliphatic heterocycles. The number of nitrogens with zero attached hydrogens (tertiary/aromatic N) is 3. The third kappa shape index (κ3) is 6.77. The number of carbonyl (C=O) groups is 1. The number of hydrogen-bond donors (Lipinski definition) is 0. The van der Waals surface area contributed by atoms with Gasteiger partial charge in [-0.15, -0.1) is 6.58 Å². The second-order valence-corrected chi connectivity index (χ2v) is 10.2. The van der Waals surface area contributed by atoms with Gasteiger partial charge in [0.25, 0.3) is 5.56 Å². The quantitative estimate of drug-likeness (QED) is 0.113. The lowest BCUT2D eigenvalue weighted by atomic mass is 9.96. The lowest BCUT2D eigenvalue weighted by molar-refractivity contribution is -0.142. The summed E-state index contributed by atoms with van der Waals surface area (Å²) in [5.41, 5.74) is 4.35. The van der Waals surface area contributed by atoms with Crippen molar-refractivity contribution < 1.29 is 23.7 Å². The Morgan fingerprint density at radius 2 is 1.86 bits per heavy atom.